The van der Waals surface area contributed by atoms with E-state index in [2.05, 4.69) is 15.5 Å². The van der Waals surface area contributed by atoms with Crippen molar-refractivity contribution in [3.63, 3.8) is 0 Å². The van der Waals surface area contributed by atoms with E-state index in [0.717, 1.165) is 11.1 Å². The molecule has 2 amide bonds. The molecule has 0 saturated carbocycles. The average molecular weight is 444 g/mol. The van der Waals surface area contributed by atoms with Crippen molar-refractivity contribution in [2.24, 2.45) is 0 Å². The Morgan fingerprint density at radius 3 is 2.53 bits per heavy atom. The fourth-order valence-electron chi connectivity index (χ4n) is 2.95. The SMILES string of the molecule is CCN(Cc1ccccc1)C(=O)CNC(=O)Cn1c(-c2ccc(Cl)cc2)n[nH]c1=S. The van der Waals surface area contributed by atoms with E-state index < -0.39 is 0 Å². The van der Waals surface area contributed by atoms with Crippen LogP contribution in [-0.4, -0.2) is 44.6 Å². The first-order valence-electron chi connectivity index (χ1n) is 9.47. The number of benzene rings is 2. The zero-order valence-electron chi connectivity index (χ0n) is 16.5. The summed E-state index contributed by atoms with van der Waals surface area (Å²) in [7, 11) is 0. The van der Waals surface area contributed by atoms with E-state index in [1.54, 1.807) is 33.7 Å². The molecule has 0 bridgehead atoms. The molecule has 1 aromatic heterocycles. The second kappa shape index (κ2) is 10.2. The van der Waals surface area contributed by atoms with Gasteiger partial charge in [-0.15, -0.1) is 0 Å². The number of rotatable bonds is 8. The maximum absolute atomic E-state index is 12.5. The summed E-state index contributed by atoms with van der Waals surface area (Å²) in [4.78, 5) is 26.7. The highest BCUT2D eigenvalue weighted by molar-refractivity contribution is 7.71. The van der Waals surface area contributed by atoms with Gasteiger partial charge in [-0.2, -0.15) is 5.10 Å². The van der Waals surface area contributed by atoms with Crippen LogP contribution >= 0.6 is 23.8 Å². The topological polar surface area (TPSA) is 83.0 Å². The fraction of sp³-hybridized carbons (Fsp3) is 0.238. The van der Waals surface area contributed by atoms with Crippen LogP contribution in [0, 0.1) is 4.77 Å². The number of carbonyl (C=O) groups is 2. The van der Waals surface area contributed by atoms with E-state index in [4.69, 9.17) is 23.8 Å². The number of hydrogen-bond acceptors (Lipinski definition) is 4. The highest BCUT2D eigenvalue weighted by atomic mass is 35.5. The van der Waals surface area contributed by atoms with E-state index in [9.17, 15) is 9.59 Å². The Morgan fingerprint density at radius 2 is 1.87 bits per heavy atom. The molecule has 7 nitrogen and oxygen atoms in total. The molecule has 9 heteroatoms. The molecule has 0 aliphatic carbocycles. The minimum atomic E-state index is -0.327. The van der Waals surface area contributed by atoms with Gasteiger partial charge in [0.1, 0.15) is 6.54 Å². The number of carbonyl (C=O) groups excluding carboxylic acids is 2. The Balaban J connectivity index is 1.61. The first-order valence-corrected chi connectivity index (χ1v) is 10.3. The van der Waals surface area contributed by atoms with Crippen LogP contribution in [0.5, 0.6) is 0 Å². The van der Waals surface area contributed by atoms with Crippen molar-refractivity contribution in [3.8, 4) is 11.4 Å². The van der Waals surface area contributed by atoms with Crippen LogP contribution in [0.25, 0.3) is 11.4 Å². The Hall–Kier alpha value is -2.97. The lowest BCUT2D eigenvalue weighted by atomic mass is 10.2. The van der Waals surface area contributed by atoms with Crippen LogP contribution in [-0.2, 0) is 22.7 Å². The van der Waals surface area contributed by atoms with Gasteiger partial charge in [0.25, 0.3) is 0 Å². The van der Waals surface area contributed by atoms with Crippen molar-refractivity contribution in [2.75, 3.05) is 13.1 Å². The van der Waals surface area contributed by atoms with E-state index >= 15 is 0 Å². The summed E-state index contributed by atoms with van der Waals surface area (Å²) in [6, 6.07) is 16.8. The number of hydrogen-bond donors (Lipinski definition) is 2. The molecule has 0 radical (unpaired) electrons. The number of aromatic nitrogens is 3. The lowest BCUT2D eigenvalue weighted by Gasteiger charge is -2.21. The summed E-state index contributed by atoms with van der Waals surface area (Å²) in [5, 5.41) is 10.2. The maximum atomic E-state index is 12.5. The molecule has 30 heavy (non-hydrogen) atoms. The summed E-state index contributed by atoms with van der Waals surface area (Å²) in [6.45, 7) is 2.83. The zero-order valence-corrected chi connectivity index (χ0v) is 18.0. The highest BCUT2D eigenvalue weighted by Gasteiger charge is 2.16. The predicted octanol–water partition coefficient (Wildman–Crippen LogP) is 3.43. The number of likely N-dealkylation sites (N-methyl/N-ethyl adjacent to an activating group) is 1. The van der Waals surface area contributed by atoms with Crippen LogP contribution in [0.4, 0.5) is 0 Å². The molecule has 2 N–H and O–H groups in total. The molecule has 0 aliphatic rings. The molecule has 0 saturated heterocycles. The molecule has 2 aromatic carbocycles. The van der Waals surface area contributed by atoms with Crippen LogP contribution in [0.15, 0.2) is 54.6 Å². The molecular formula is C21H22ClN5O2S. The minimum absolute atomic E-state index is 0.0502. The number of nitrogens with one attached hydrogen (secondary N) is 2. The number of nitrogens with zero attached hydrogens (tertiary/aromatic N) is 3. The predicted molar refractivity (Wildman–Crippen MR) is 118 cm³/mol. The van der Waals surface area contributed by atoms with Gasteiger partial charge in [0, 0.05) is 23.7 Å². The van der Waals surface area contributed by atoms with Crippen molar-refractivity contribution in [3.05, 3.63) is 70.0 Å². The smallest absolute Gasteiger partial charge is 0.242 e. The first-order chi connectivity index (χ1) is 14.5. The third-order valence-electron chi connectivity index (χ3n) is 4.55. The highest BCUT2D eigenvalue weighted by Crippen LogP contribution is 2.19. The monoisotopic (exact) mass is 443 g/mol. The molecule has 0 atom stereocenters. The van der Waals surface area contributed by atoms with Gasteiger partial charge in [-0.05, 0) is 49.0 Å². The van der Waals surface area contributed by atoms with Crippen molar-refractivity contribution < 1.29 is 9.59 Å². The first kappa shape index (κ1) is 21.7. The molecule has 0 unspecified atom stereocenters. The van der Waals surface area contributed by atoms with E-state index in [1.807, 2.05) is 37.3 Å². The van der Waals surface area contributed by atoms with E-state index in [0.29, 0.717) is 28.7 Å². The Bertz CT molecular complexity index is 1060. The molecule has 0 aliphatic heterocycles. The van der Waals surface area contributed by atoms with Gasteiger partial charge in [0.15, 0.2) is 10.6 Å². The quantitative estimate of drug-likeness (QED) is 0.522. The number of amides is 2. The van der Waals surface area contributed by atoms with Gasteiger partial charge in [0.2, 0.25) is 11.8 Å². The lowest BCUT2D eigenvalue weighted by molar-refractivity contribution is -0.133. The number of aromatic amines is 1. The largest absolute Gasteiger partial charge is 0.345 e. The molecule has 3 rings (SSSR count). The maximum Gasteiger partial charge on any atom is 0.242 e. The van der Waals surface area contributed by atoms with Gasteiger partial charge in [-0.1, -0.05) is 41.9 Å². The zero-order chi connectivity index (χ0) is 21.5. The Morgan fingerprint density at radius 1 is 1.17 bits per heavy atom. The van der Waals surface area contributed by atoms with Crippen molar-refractivity contribution in [1.29, 1.82) is 0 Å². The van der Waals surface area contributed by atoms with Crippen LogP contribution in [0.2, 0.25) is 5.02 Å². The summed E-state index contributed by atoms with van der Waals surface area (Å²) < 4.78 is 1.90. The van der Waals surface area contributed by atoms with E-state index in [1.165, 1.54) is 0 Å². The summed E-state index contributed by atoms with van der Waals surface area (Å²) in [5.74, 6) is 0.0488. The van der Waals surface area contributed by atoms with Crippen LogP contribution in [0.1, 0.15) is 12.5 Å². The third-order valence-corrected chi connectivity index (χ3v) is 5.11. The van der Waals surface area contributed by atoms with Crippen LogP contribution < -0.4 is 5.32 Å². The van der Waals surface area contributed by atoms with Gasteiger partial charge < -0.3 is 10.2 Å². The molecule has 0 spiro atoms. The van der Waals surface area contributed by atoms with Crippen molar-refractivity contribution >= 4 is 35.6 Å². The van der Waals surface area contributed by atoms with Gasteiger partial charge in [-0.25, -0.2) is 0 Å². The van der Waals surface area contributed by atoms with Gasteiger partial charge in [0.05, 0.1) is 6.54 Å². The molecule has 0 fully saturated rings. The summed E-state index contributed by atoms with van der Waals surface area (Å²) >= 11 is 11.2. The average Bonchev–Trinajstić information content (AvgIpc) is 3.11. The molecule has 1 heterocycles. The number of halogens is 1. The summed E-state index contributed by atoms with van der Waals surface area (Å²) in [6.07, 6.45) is 0. The van der Waals surface area contributed by atoms with Gasteiger partial charge in [-0.3, -0.25) is 19.3 Å². The standard InChI is InChI=1S/C21H22ClN5O2S/c1-2-26(13-15-6-4-3-5-7-15)19(29)12-23-18(28)14-27-20(24-25-21(27)30)16-8-10-17(22)11-9-16/h3-11H,2,12-14H2,1H3,(H,23,28)(H,25,30). The second-order valence-corrected chi connectivity index (χ2v) is 7.44. The van der Waals surface area contributed by atoms with Crippen LogP contribution in [0.3, 0.4) is 0 Å². The Labute approximate surface area is 184 Å². The number of H-pyrrole nitrogens is 1. The summed E-state index contributed by atoms with van der Waals surface area (Å²) in [5.41, 5.74) is 1.81. The molecule has 3 aromatic rings. The van der Waals surface area contributed by atoms with Gasteiger partial charge >= 0.3 is 0 Å². The Kier molecular flexibility index (Phi) is 7.37. The second-order valence-electron chi connectivity index (χ2n) is 6.62. The molecule has 156 valence electrons. The van der Waals surface area contributed by atoms with Crippen molar-refractivity contribution in [1.82, 2.24) is 25.0 Å². The normalized spacial score (nSPS) is 10.6. The lowest BCUT2D eigenvalue weighted by Crippen LogP contribution is -2.40. The van der Waals surface area contributed by atoms with Crippen molar-refractivity contribution in [2.45, 2.75) is 20.0 Å². The minimum Gasteiger partial charge on any atom is -0.345 e. The molecular weight excluding hydrogens is 422 g/mol. The third kappa shape index (κ3) is 5.55. The van der Waals surface area contributed by atoms with E-state index in [-0.39, 0.29) is 24.9 Å². The fourth-order valence-corrected chi connectivity index (χ4v) is 3.27.